The van der Waals surface area contributed by atoms with Gasteiger partial charge in [-0.15, -0.1) is 0 Å². The van der Waals surface area contributed by atoms with Crippen molar-refractivity contribution >= 4 is 35.3 Å². The highest BCUT2D eigenvalue weighted by Gasteiger charge is 2.01. The van der Waals surface area contributed by atoms with Crippen LogP contribution >= 0.6 is 11.6 Å². The molecule has 0 aliphatic heterocycles. The smallest absolute Gasteiger partial charge is 0.277 e. The molecule has 0 bridgehead atoms. The number of halogens is 1. The average Bonchev–Trinajstić information content (AvgIpc) is 2.55. The molecule has 2 amide bonds. The van der Waals surface area contributed by atoms with Crippen LogP contribution in [0.3, 0.4) is 0 Å². The Morgan fingerprint density at radius 3 is 2.42 bits per heavy atom. The van der Waals surface area contributed by atoms with Gasteiger partial charge in [0.25, 0.3) is 5.91 Å². The van der Waals surface area contributed by atoms with E-state index >= 15 is 0 Å². The molecule has 0 saturated heterocycles. The highest BCUT2D eigenvalue weighted by molar-refractivity contribution is 6.30. The Bertz CT molecular complexity index is 728. The molecule has 6 nitrogen and oxygen atoms in total. The quantitative estimate of drug-likeness (QED) is 0.624. The molecule has 0 atom stereocenters. The number of anilines is 1. The van der Waals surface area contributed by atoms with Crippen LogP contribution in [-0.4, -0.2) is 24.6 Å². The molecular weight excluding hydrogens is 330 g/mol. The van der Waals surface area contributed by atoms with Crippen LogP contribution in [0.15, 0.2) is 53.6 Å². The summed E-state index contributed by atoms with van der Waals surface area (Å²) in [5, 5.41) is 7.11. The Kier molecular flexibility index (Phi) is 6.33. The van der Waals surface area contributed by atoms with Gasteiger partial charge in [0.05, 0.1) is 6.21 Å². The number of ether oxygens (including phenoxy) is 1. The van der Waals surface area contributed by atoms with E-state index in [9.17, 15) is 9.59 Å². The average molecular weight is 346 g/mol. The molecule has 0 spiro atoms. The Hall–Kier alpha value is -2.86. The number of hydrogen-bond donors (Lipinski definition) is 2. The van der Waals surface area contributed by atoms with Crippen molar-refractivity contribution in [3.63, 3.8) is 0 Å². The van der Waals surface area contributed by atoms with Gasteiger partial charge in [0.1, 0.15) is 5.75 Å². The van der Waals surface area contributed by atoms with Gasteiger partial charge in [0, 0.05) is 17.6 Å². The third kappa shape index (κ3) is 6.10. The summed E-state index contributed by atoms with van der Waals surface area (Å²) >= 11 is 5.76. The molecule has 0 fully saturated rings. The molecule has 0 unspecified atom stereocenters. The van der Waals surface area contributed by atoms with Crippen molar-refractivity contribution in [2.75, 3.05) is 11.9 Å². The number of hydrazone groups is 1. The van der Waals surface area contributed by atoms with Gasteiger partial charge in [0.2, 0.25) is 5.91 Å². The van der Waals surface area contributed by atoms with Crippen LogP contribution in [0.4, 0.5) is 5.69 Å². The number of rotatable bonds is 6. The number of nitrogens with one attached hydrogen (secondary N) is 2. The fourth-order valence-corrected chi connectivity index (χ4v) is 1.87. The fourth-order valence-electron chi connectivity index (χ4n) is 1.75. The monoisotopic (exact) mass is 345 g/mol. The first kappa shape index (κ1) is 17.5. The molecule has 2 N–H and O–H groups in total. The lowest BCUT2D eigenvalue weighted by molar-refractivity contribution is -0.123. The first-order valence-electron chi connectivity index (χ1n) is 7.11. The minimum atomic E-state index is -0.379. The molecule has 124 valence electrons. The number of carbonyl (C=O) groups is 2. The highest BCUT2D eigenvalue weighted by atomic mass is 35.5. The number of carbonyl (C=O) groups excluding carboxylic acids is 2. The molecule has 0 aliphatic rings. The summed E-state index contributed by atoms with van der Waals surface area (Å²) in [5.41, 5.74) is 3.84. The molecule has 0 aliphatic carbocycles. The van der Waals surface area contributed by atoms with Gasteiger partial charge in [-0.1, -0.05) is 23.7 Å². The van der Waals surface area contributed by atoms with E-state index in [0.29, 0.717) is 16.5 Å². The fraction of sp³-hybridized carbons (Fsp3) is 0.118. The second-order valence-electron chi connectivity index (χ2n) is 4.84. The van der Waals surface area contributed by atoms with Crippen LogP contribution in [0.5, 0.6) is 5.75 Å². The van der Waals surface area contributed by atoms with Gasteiger partial charge in [-0.05, 0) is 42.0 Å². The van der Waals surface area contributed by atoms with E-state index in [-0.39, 0.29) is 18.4 Å². The van der Waals surface area contributed by atoms with Gasteiger partial charge < -0.3 is 10.1 Å². The second-order valence-corrected chi connectivity index (χ2v) is 5.28. The summed E-state index contributed by atoms with van der Waals surface area (Å²) in [5.74, 6) is 0.0347. The van der Waals surface area contributed by atoms with Crippen molar-refractivity contribution in [1.29, 1.82) is 0 Å². The molecule has 2 aromatic rings. The normalized spacial score (nSPS) is 10.4. The van der Waals surface area contributed by atoms with Crippen molar-refractivity contribution in [3.8, 4) is 5.75 Å². The van der Waals surface area contributed by atoms with E-state index in [2.05, 4.69) is 15.8 Å². The third-order valence-corrected chi connectivity index (χ3v) is 3.07. The second kappa shape index (κ2) is 8.69. The number of amides is 2. The Balaban J connectivity index is 1.77. The van der Waals surface area contributed by atoms with E-state index in [1.54, 1.807) is 48.5 Å². The lowest BCUT2D eigenvalue weighted by atomic mass is 10.2. The first-order valence-corrected chi connectivity index (χ1v) is 7.48. The van der Waals surface area contributed by atoms with Gasteiger partial charge in [-0.3, -0.25) is 9.59 Å². The van der Waals surface area contributed by atoms with Crippen LogP contribution in [-0.2, 0) is 9.59 Å². The summed E-state index contributed by atoms with van der Waals surface area (Å²) in [7, 11) is 0. The number of nitrogens with zero attached hydrogens (tertiary/aromatic N) is 1. The SMILES string of the molecule is CC(=O)Nc1ccc(/C=N/NC(=O)COc2ccc(Cl)cc2)cc1. The van der Waals surface area contributed by atoms with Crippen LogP contribution in [0.1, 0.15) is 12.5 Å². The van der Waals surface area contributed by atoms with E-state index < -0.39 is 0 Å². The minimum absolute atomic E-state index is 0.135. The molecule has 0 heterocycles. The van der Waals surface area contributed by atoms with Crippen LogP contribution < -0.4 is 15.5 Å². The maximum absolute atomic E-state index is 11.6. The maximum Gasteiger partial charge on any atom is 0.277 e. The molecule has 0 saturated carbocycles. The van der Waals surface area contributed by atoms with Gasteiger partial charge >= 0.3 is 0 Å². The summed E-state index contributed by atoms with van der Waals surface area (Å²) in [4.78, 5) is 22.5. The van der Waals surface area contributed by atoms with E-state index in [1.165, 1.54) is 13.1 Å². The predicted molar refractivity (Wildman–Crippen MR) is 93.4 cm³/mol. The number of hydrogen-bond acceptors (Lipinski definition) is 4. The van der Waals surface area contributed by atoms with Crippen molar-refractivity contribution in [1.82, 2.24) is 5.43 Å². The molecule has 0 radical (unpaired) electrons. The molecule has 2 rings (SSSR count). The first-order chi connectivity index (χ1) is 11.5. The Labute approximate surface area is 144 Å². The molecule has 2 aromatic carbocycles. The van der Waals surface area contributed by atoms with Crippen molar-refractivity contribution < 1.29 is 14.3 Å². The highest BCUT2D eigenvalue weighted by Crippen LogP contribution is 2.15. The van der Waals surface area contributed by atoms with Gasteiger partial charge in [-0.2, -0.15) is 5.10 Å². The van der Waals surface area contributed by atoms with Crippen molar-refractivity contribution in [3.05, 3.63) is 59.1 Å². The largest absolute Gasteiger partial charge is 0.484 e. The topological polar surface area (TPSA) is 79.8 Å². The predicted octanol–water partition coefficient (Wildman–Crippen LogP) is 2.83. The zero-order valence-electron chi connectivity index (χ0n) is 13.0. The molecule has 0 aromatic heterocycles. The van der Waals surface area contributed by atoms with E-state index in [0.717, 1.165) is 5.56 Å². The van der Waals surface area contributed by atoms with E-state index in [1.807, 2.05) is 0 Å². The zero-order valence-corrected chi connectivity index (χ0v) is 13.7. The zero-order chi connectivity index (χ0) is 17.4. The summed E-state index contributed by atoms with van der Waals surface area (Å²) in [6, 6.07) is 13.7. The molecular formula is C17H16ClN3O3. The minimum Gasteiger partial charge on any atom is -0.484 e. The van der Waals surface area contributed by atoms with Crippen molar-refractivity contribution in [2.24, 2.45) is 5.10 Å². The lowest BCUT2D eigenvalue weighted by Crippen LogP contribution is -2.24. The summed E-state index contributed by atoms with van der Waals surface area (Å²) < 4.78 is 5.29. The van der Waals surface area contributed by atoms with Crippen LogP contribution in [0, 0.1) is 0 Å². The maximum atomic E-state index is 11.6. The van der Waals surface area contributed by atoms with Gasteiger partial charge in [-0.25, -0.2) is 5.43 Å². The lowest BCUT2D eigenvalue weighted by Gasteiger charge is -2.04. The van der Waals surface area contributed by atoms with Crippen LogP contribution in [0.2, 0.25) is 5.02 Å². The van der Waals surface area contributed by atoms with Gasteiger partial charge in [0.15, 0.2) is 6.61 Å². The Morgan fingerprint density at radius 1 is 1.12 bits per heavy atom. The molecule has 24 heavy (non-hydrogen) atoms. The summed E-state index contributed by atoms with van der Waals surface area (Å²) in [6.07, 6.45) is 1.50. The Morgan fingerprint density at radius 2 is 1.79 bits per heavy atom. The van der Waals surface area contributed by atoms with Crippen molar-refractivity contribution in [2.45, 2.75) is 6.92 Å². The van der Waals surface area contributed by atoms with Crippen LogP contribution in [0.25, 0.3) is 0 Å². The summed E-state index contributed by atoms with van der Waals surface area (Å²) in [6.45, 7) is 1.29. The number of benzene rings is 2. The standard InChI is InChI=1S/C17H16ClN3O3/c1-12(22)20-15-6-2-13(3-7-15)10-19-21-17(23)11-24-16-8-4-14(18)5-9-16/h2-10H,11H2,1H3,(H,20,22)(H,21,23)/b19-10+. The molecule has 7 heteroatoms. The van der Waals surface area contributed by atoms with E-state index in [4.69, 9.17) is 16.3 Å². The third-order valence-electron chi connectivity index (χ3n) is 2.82.